The lowest BCUT2D eigenvalue weighted by Crippen LogP contribution is -2.50. The van der Waals surface area contributed by atoms with E-state index in [1.165, 1.54) is 25.7 Å². The summed E-state index contributed by atoms with van der Waals surface area (Å²) in [5, 5.41) is 0. The second-order valence-electron chi connectivity index (χ2n) is 7.24. The van der Waals surface area contributed by atoms with Crippen LogP contribution in [0.25, 0.3) is 0 Å². The molecule has 0 radical (unpaired) electrons. The summed E-state index contributed by atoms with van der Waals surface area (Å²) in [6, 6.07) is -0.0516. The van der Waals surface area contributed by atoms with Crippen molar-refractivity contribution >= 4 is 12.2 Å². The van der Waals surface area contributed by atoms with Gasteiger partial charge in [-0.15, -0.1) is 0 Å². The van der Waals surface area contributed by atoms with Crippen LogP contribution in [0.5, 0.6) is 0 Å². The molecule has 0 aromatic carbocycles. The van der Waals surface area contributed by atoms with Crippen LogP contribution in [0.4, 0.5) is 0 Å². The summed E-state index contributed by atoms with van der Waals surface area (Å²) in [5.74, 6) is -0.335. The molecule has 2 atom stereocenters. The number of rotatable bonds is 5. The maximum atomic E-state index is 11.7. The lowest BCUT2D eigenvalue weighted by Gasteiger charge is -2.34. The van der Waals surface area contributed by atoms with Gasteiger partial charge in [0, 0.05) is 32.6 Å². The van der Waals surface area contributed by atoms with Gasteiger partial charge in [-0.1, -0.05) is 12.8 Å². The van der Waals surface area contributed by atoms with E-state index in [2.05, 4.69) is 4.90 Å². The first-order valence-corrected chi connectivity index (χ1v) is 8.90. The van der Waals surface area contributed by atoms with Gasteiger partial charge in [0.05, 0.1) is 19.0 Å². The molecule has 0 saturated carbocycles. The van der Waals surface area contributed by atoms with Gasteiger partial charge >= 0.3 is 0 Å². The topological polar surface area (TPSA) is 54.4 Å². The van der Waals surface area contributed by atoms with Crippen LogP contribution in [0.2, 0.25) is 0 Å². The molecule has 3 aliphatic heterocycles. The molecule has 3 heterocycles. The zero-order valence-corrected chi connectivity index (χ0v) is 14.4. The van der Waals surface area contributed by atoms with E-state index >= 15 is 0 Å². The highest BCUT2D eigenvalue weighted by Crippen LogP contribution is 2.26. The third-order valence-electron chi connectivity index (χ3n) is 4.88. The van der Waals surface area contributed by atoms with E-state index in [1.807, 2.05) is 25.1 Å². The number of amides is 1. The van der Waals surface area contributed by atoms with Gasteiger partial charge in [-0.3, -0.25) is 9.79 Å². The fourth-order valence-corrected chi connectivity index (χ4v) is 3.34. The zero-order valence-electron chi connectivity index (χ0n) is 14.4. The number of carbonyl (C=O) groups is 1. The highest BCUT2D eigenvalue weighted by Gasteiger charge is 2.39. The Bertz CT molecular complexity index is 444. The summed E-state index contributed by atoms with van der Waals surface area (Å²) in [7, 11) is 0. The molecule has 0 N–H and O–H groups in total. The number of hydrogen-bond donors (Lipinski definition) is 0. The number of β-lactam (4-membered cyclic amide) rings is 1. The van der Waals surface area contributed by atoms with Crippen LogP contribution in [0.15, 0.2) is 4.99 Å². The molecule has 1 amide bonds. The van der Waals surface area contributed by atoms with Gasteiger partial charge in [-0.25, -0.2) is 0 Å². The maximum Gasteiger partial charge on any atom is 0.224 e. The molecule has 6 nitrogen and oxygen atoms in total. The highest BCUT2D eigenvalue weighted by molar-refractivity contribution is 5.81. The predicted octanol–water partition coefficient (Wildman–Crippen LogP) is 1.64. The molecule has 3 fully saturated rings. The average molecular weight is 323 g/mol. The van der Waals surface area contributed by atoms with Crippen LogP contribution < -0.4 is 0 Å². The number of nitrogens with zero attached hydrogens (tertiary/aromatic N) is 3. The van der Waals surface area contributed by atoms with Gasteiger partial charge in [0.15, 0.2) is 5.79 Å². The summed E-state index contributed by atoms with van der Waals surface area (Å²) in [6.45, 7) is 8.02. The molecule has 130 valence electrons. The van der Waals surface area contributed by atoms with E-state index < -0.39 is 5.79 Å². The lowest BCUT2D eigenvalue weighted by atomic mass is 10.1. The minimum Gasteiger partial charge on any atom is -0.363 e. The maximum absolute atomic E-state index is 11.7. The summed E-state index contributed by atoms with van der Waals surface area (Å²) in [4.78, 5) is 20.6. The standard InChI is InChI=1S/C17H29N3O3/c1-17(2)22-12-15(23-17)14(11-20-10-7-16(20)21)18-13-19-8-5-3-4-6-9-19/h13-15H,3-12H2,1-2H3/t14-,15?/m1/s1. The zero-order chi connectivity index (χ0) is 16.3. The van der Waals surface area contributed by atoms with Crippen LogP contribution in [0.3, 0.4) is 0 Å². The smallest absolute Gasteiger partial charge is 0.224 e. The minimum absolute atomic E-state index is 0.0516. The number of aliphatic imine (C=N–C) groups is 1. The Kier molecular flexibility index (Phi) is 5.21. The van der Waals surface area contributed by atoms with Crippen LogP contribution in [-0.2, 0) is 14.3 Å². The van der Waals surface area contributed by atoms with Crippen molar-refractivity contribution in [2.45, 2.75) is 63.9 Å². The van der Waals surface area contributed by atoms with Crippen molar-refractivity contribution in [1.29, 1.82) is 0 Å². The number of ether oxygens (including phenoxy) is 2. The Morgan fingerprint density at radius 1 is 1.26 bits per heavy atom. The third-order valence-corrected chi connectivity index (χ3v) is 4.88. The van der Waals surface area contributed by atoms with E-state index in [-0.39, 0.29) is 18.1 Å². The molecular weight excluding hydrogens is 294 g/mol. The SMILES string of the molecule is CC1(C)OCC([C@@H](CN2CCC2=O)N=CN2CCCCCC2)O1. The molecule has 23 heavy (non-hydrogen) atoms. The van der Waals surface area contributed by atoms with E-state index in [1.54, 1.807) is 0 Å². The first-order chi connectivity index (χ1) is 11.0. The van der Waals surface area contributed by atoms with Crippen molar-refractivity contribution in [3.8, 4) is 0 Å². The third kappa shape index (κ3) is 4.44. The monoisotopic (exact) mass is 323 g/mol. The predicted molar refractivity (Wildman–Crippen MR) is 88.4 cm³/mol. The normalized spacial score (nSPS) is 29.7. The number of carbonyl (C=O) groups excluding carboxylic acids is 1. The van der Waals surface area contributed by atoms with Gasteiger partial charge in [0.1, 0.15) is 6.10 Å². The quantitative estimate of drug-likeness (QED) is 0.438. The number of hydrogen-bond acceptors (Lipinski definition) is 4. The van der Waals surface area contributed by atoms with Crippen LogP contribution in [0.1, 0.15) is 46.0 Å². The molecule has 6 heteroatoms. The van der Waals surface area contributed by atoms with Crippen molar-refractivity contribution in [2.75, 3.05) is 32.8 Å². The van der Waals surface area contributed by atoms with Crippen molar-refractivity contribution in [2.24, 2.45) is 4.99 Å². The summed E-state index contributed by atoms with van der Waals surface area (Å²) in [5.41, 5.74) is 0. The van der Waals surface area contributed by atoms with E-state index in [9.17, 15) is 4.79 Å². The van der Waals surface area contributed by atoms with E-state index in [0.717, 1.165) is 19.6 Å². The molecule has 3 rings (SSSR count). The Balaban J connectivity index is 1.63. The van der Waals surface area contributed by atoms with E-state index in [0.29, 0.717) is 19.6 Å². The lowest BCUT2D eigenvalue weighted by molar-refractivity contribution is -0.145. The second-order valence-corrected chi connectivity index (χ2v) is 7.24. The first kappa shape index (κ1) is 16.7. The Morgan fingerprint density at radius 2 is 2.00 bits per heavy atom. The Labute approximate surface area is 138 Å². The minimum atomic E-state index is -0.556. The molecule has 0 aromatic heterocycles. The fraction of sp³-hybridized carbons (Fsp3) is 0.882. The van der Waals surface area contributed by atoms with Gasteiger partial charge in [-0.05, 0) is 26.7 Å². The summed E-state index contributed by atoms with van der Waals surface area (Å²) >= 11 is 0. The molecular formula is C17H29N3O3. The van der Waals surface area contributed by atoms with Crippen LogP contribution >= 0.6 is 0 Å². The van der Waals surface area contributed by atoms with Crippen molar-refractivity contribution in [1.82, 2.24) is 9.80 Å². The average Bonchev–Trinajstić information content (AvgIpc) is 2.73. The molecule has 3 aliphatic rings. The van der Waals surface area contributed by atoms with Crippen molar-refractivity contribution in [3.63, 3.8) is 0 Å². The first-order valence-electron chi connectivity index (χ1n) is 8.90. The summed E-state index contributed by atoms with van der Waals surface area (Å²) in [6.07, 6.45) is 7.65. The van der Waals surface area contributed by atoms with E-state index in [4.69, 9.17) is 14.5 Å². The van der Waals surface area contributed by atoms with Gasteiger partial charge in [0.2, 0.25) is 5.91 Å². The Morgan fingerprint density at radius 3 is 2.52 bits per heavy atom. The Hall–Kier alpha value is -1.14. The number of likely N-dealkylation sites (tertiary alicyclic amines) is 2. The van der Waals surface area contributed by atoms with Crippen LogP contribution in [0, 0.1) is 0 Å². The second kappa shape index (κ2) is 7.18. The van der Waals surface area contributed by atoms with Crippen LogP contribution in [-0.4, -0.2) is 72.8 Å². The van der Waals surface area contributed by atoms with Crippen molar-refractivity contribution in [3.05, 3.63) is 0 Å². The van der Waals surface area contributed by atoms with Crippen molar-refractivity contribution < 1.29 is 14.3 Å². The molecule has 0 bridgehead atoms. The van der Waals surface area contributed by atoms with Gasteiger partial charge in [-0.2, -0.15) is 0 Å². The largest absolute Gasteiger partial charge is 0.363 e. The molecule has 0 aromatic rings. The highest BCUT2D eigenvalue weighted by atomic mass is 16.7. The summed E-state index contributed by atoms with van der Waals surface area (Å²) < 4.78 is 11.7. The van der Waals surface area contributed by atoms with Gasteiger partial charge in [0.25, 0.3) is 0 Å². The fourth-order valence-electron chi connectivity index (χ4n) is 3.34. The molecule has 0 aliphatic carbocycles. The molecule has 0 spiro atoms. The molecule has 1 unspecified atom stereocenters. The molecule has 3 saturated heterocycles. The van der Waals surface area contributed by atoms with Gasteiger partial charge < -0.3 is 19.3 Å².